The Kier molecular flexibility index (Phi) is 4.17. The van der Waals surface area contributed by atoms with E-state index in [-0.39, 0.29) is 17.6 Å². The van der Waals surface area contributed by atoms with Crippen molar-refractivity contribution in [1.29, 1.82) is 0 Å². The van der Waals surface area contributed by atoms with Gasteiger partial charge in [-0.2, -0.15) is 0 Å². The van der Waals surface area contributed by atoms with Crippen LogP contribution in [0.5, 0.6) is 0 Å². The van der Waals surface area contributed by atoms with Crippen LogP contribution in [0.1, 0.15) is 30.2 Å². The molecule has 0 radical (unpaired) electrons. The van der Waals surface area contributed by atoms with Gasteiger partial charge in [0.2, 0.25) is 5.91 Å². The molecule has 0 bridgehead atoms. The molecule has 1 saturated heterocycles. The van der Waals surface area contributed by atoms with Gasteiger partial charge in [0, 0.05) is 31.5 Å². The topological polar surface area (TPSA) is 59.2 Å². The maximum atomic E-state index is 13.3. The van der Waals surface area contributed by atoms with E-state index in [0.717, 1.165) is 24.9 Å². The Balaban J connectivity index is 1.49. The number of amides is 1. The van der Waals surface area contributed by atoms with E-state index in [1.807, 2.05) is 17.0 Å². The second-order valence-electron chi connectivity index (χ2n) is 6.38. The number of hydrogen-bond donors (Lipinski definition) is 0. The molecule has 1 aliphatic heterocycles. The third kappa shape index (κ3) is 3.38. The molecule has 0 aliphatic carbocycles. The zero-order valence-corrected chi connectivity index (χ0v) is 13.7. The molecule has 1 aliphatic rings. The molecule has 1 fully saturated rings. The first-order valence-corrected chi connectivity index (χ1v) is 8.42. The number of halogens is 1. The lowest BCUT2D eigenvalue weighted by Gasteiger charge is -2.31. The van der Waals surface area contributed by atoms with E-state index >= 15 is 0 Å². The first kappa shape index (κ1) is 15.7. The number of oxazole rings is 1. The summed E-state index contributed by atoms with van der Waals surface area (Å²) in [6.45, 7) is 1.33. The summed E-state index contributed by atoms with van der Waals surface area (Å²) in [5.41, 5.74) is 2.06. The van der Waals surface area contributed by atoms with Crippen LogP contribution in [0.4, 0.5) is 4.39 Å². The summed E-state index contributed by atoms with van der Waals surface area (Å²) >= 11 is 0. The fourth-order valence-corrected chi connectivity index (χ4v) is 3.28. The number of rotatable bonds is 3. The van der Waals surface area contributed by atoms with Gasteiger partial charge in [-0.15, -0.1) is 0 Å². The van der Waals surface area contributed by atoms with Crippen molar-refractivity contribution in [1.82, 2.24) is 14.9 Å². The van der Waals surface area contributed by atoms with Crippen molar-refractivity contribution < 1.29 is 13.6 Å². The van der Waals surface area contributed by atoms with Crippen LogP contribution in [0, 0.1) is 5.82 Å². The van der Waals surface area contributed by atoms with Gasteiger partial charge < -0.3 is 9.32 Å². The monoisotopic (exact) mass is 339 g/mol. The smallest absolute Gasteiger partial charge is 0.227 e. The van der Waals surface area contributed by atoms with E-state index in [1.165, 1.54) is 12.1 Å². The van der Waals surface area contributed by atoms with Crippen molar-refractivity contribution in [2.24, 2.45) is 0 Å². The molecule has 3 aromatic rings. The van der Waals surface area contributed by atoms with E-state index in [0.29, 0.717) is 30.0 Å². The highest BCUT2D eigenvalue weighted by Crippen LogP contribution is 2.29. The zero-order chi connectivity index (χ0) is 17.2. The minimum Gasteiger partial charge on any atom is -0.440 e. The van der Waals surface area contributed by atoms with Gasteiger partial charge >= 0.3 is 0 Å². The number of likely N-dealkylation sites (tertiary alicyclic amines) is 1. The van der Waals surface area contributed by atoms with Crippen molar-refractivity contribution in [3.05, 3.63) is 60.0 Å². The highest BCUT2D eigenvalue weighted by atomic mass is 19.1. The Morgan fingerprint density at radius 2 is 2.12 bits per heavy atom. The number of hydrogen-bond acceptors (Lipinski definition) is 4. The molecule has 2 aromatic heterocycles. The Labute approximate surface area is 144 Å². The van der Waals surface area contributed by atoms with Crippen LogP contribution in [0.3, 0.4) is 0 Å². The van der Waals surface area contributed by atoms with Crippen molar-refractivity contribution in [2.45, 2.75) is 25.2 Å². The van der Waals surface area contributed by atoms with Gasteiger partial charge in [0.05, 0.1) is 12.3 Å². The van der Waals surface area contributed by atoms with E-state index in [1.54, 1.807) is 18.5 Å². The van der Waals surface area contributed by atoms with Crippen molar-refractivity contribution in [3.8, 4) is 0 Å². The molecular formula is C19H18FN3O2. The highest BCUT2D eigenvalue weighted by Gasteiger charge is 2.28. The minimum absolute atomic E-state index is 0.0469. The Morgan fingerprint density at radius 1 is 1.28 bits per heavy atom. The summed E-state index contributed by atoms with van der Waals surface area (Å²) in [5.74, 6) is 0.388. The number of aromatic nitrogens is 2. The summed E-state index contributed by atoms with van der Waals surface area (Å²) < 4.78 is 19.1. The number of nitrogens with zero attached hydrogens (tertiary/aromatic N) is 3. The molecule has 1 atom stereocenters. The number of pyridine rings is 1. The Hall–Kier alpha value is -2.76. The average molecular weight is 339 g/mol. The molecule has 1 amide bonds. The van der Waals surface area contributed by atoms with E-state index in [9.17, 15) is 9.18 Å². The molecule has 0 unspecified atom stereocenters. The number of carbonyl (C=O) groups excluding carboxylic acids is 1. The van der Waals surface area contributed by atoms with Gasteiger partial charge in [-0.1, -0.05) is 0 Å². The summed E-state index contributed by atoms with van der Waals surface area (Å²) in [6, 6.07) is 8.05. The van der Waals surface area contributed by atoms with Gasteiger partial charge in [0.1, 0.15) is 11.3 Å². The lowest BCUT2D eigenvalue weighted by Crippen LogP contribution is -2.40. The molecule has 6 heteroatoms. The van der Waals surface area contributed by atoms with E-state index < -0.39 is 0 Å². The highest BCUT2D eigenvalue weighted by molar-refractivity contribution is 5.79. The normalized spacial score (nSPS) is 17.8. The van der Waals surface area contributed by atoms with Crippen molar-refractivity contribution in [2.75, 3.05) is 13.1 Å². The number of fused-ring (bicyclic) bond motifs is 1. The maximum absolute atomic E-state index is 13.3. The molecule has 0 N–H and O–H groups in total. The largest absolute Gasteiger partial charge is 0.440 e. The summed E-state index contributed by atoms with van der Waals surface area (Å²) in [7, 11) is 0. The molecule has 0 spiro atoms. The third-order valence-corrected chi connectivity index (χ3v) is 4.60. The molecule has 5 nitrogen and oxygen atoms in total. The van der Waals surface area contributed by atoms with Crippen molar-refractivity contribution in [3.63, 3.8) is 0 Å². The van der Waals surface area contributed by atoms with Gasteiger partial charge in [0.25, 0.3) is 0 Å². The molecule has 3 heterocycles. The van der Waals surface area contributed by atoms with E-state index in [4.69, 9.17) is 4.42 Å². The van der Waals surface area contributed by atoms with Crippen LogP contribution in [-0.2, 0) is 11.2 Å². The summed E-state index contributed by atoms with van der Waals surface area (Å²) in [6.07, 6.45) is 5.57. The molecule has 4 rings (SSSR count). The van der Waals surface area contributed by atoms with Crippen LogP contribution < -0.4 is 0 Å². The Morgan fingerprint density at radius 3 is 2.96 bits per heavy atom. The van der Waals surface area contributed by atoms with Crippen LogP contribution >= 0.6 is 0 Å². The molecule has 128 valence electrons. The predicted molar refractivity (Wildman–Crippen MR) is 90.5 cm³/mol. The van der Waals surface area contributed by atoms with Crippen LogP contribution in [0.2, 0.25) is 0 Å². The quantitative estimate of drug-likeness (QED) is 0.734. The third-order valence-electron chi connectivity index (χ3n) is 4.60. The van der Waals surface area contributed by atoms with Crippen LogP contribution in [0.25, 0.3) is 11.1 Å². The first-order chi connectivity index (χ1) is 12.2. The predicted octanol–water partition coefficient (Wildman–Crippen LogP) is 3.31. The second kappa shape index (κ2) is 6.63. The van der Waals surface area contributed by atoms with Gasteiger partial charge in [-0.05, 0) is 42.7 Å². The fraction of sp³-hybridized carbons (Fsp3) is 0.316. The first-order valence-electron chi connectivity index (χ1n) is 8.42. The average Bonchev–Trinajstić information content (AvgIpc) is 3.06. The van der Waals surface area contributed by atoms with Gasteiger partial charge in [-0.3, -0.25) is 9.78 Å². The standard InChI is InChI=1S/C19H18FN3O2/c20-15-3-4-16-17(11-15)25-19(22-16)14-2-1-9-23(12-14)18(24)10-13-5-7-21-8-6-13/h3-8,11,14H,1-2,9-10,12H2/t14-/m1/s1. The van der Waals surface area contributed by atoms with E-state index in [2.05, 4.69) is 9.97 Å². The molecule has 25 heavy (non-hydrogen) atoms. The summed E-state index contributed by atoms with van der Waals surface area (Å²) in [4.78, 5) is 22.9. The second-order valence-corrected chi connectivity index (χ2v) is 6.38. The van der Waals surface area contributed by atoms with Gasteiger partial charge in [-0.25, -0.2) is 9.37 Å². The Bertz CT molecular complexity index is 894. The number of benzene rings is 1. The van der Waals surface area contributed by atoms with Crippen molar-refractivity contribution >= 4 is 17.0 Å². The molecule has 1 aromatic carbocycles. The van der Waals surface area contributed by atoms with Crippen LogP contribution in [-0.4, -0.2) is 33.9 Å². The fourth-order valence-electron chi connectivity index (χ4n) is 3.28. The van der Waals surface area contributed by atoms with Crippen LogP contribution in [0.15, 0.2) is 47.1 Å². The molecule has 0 saturated carbocycles. The lowest BCUT2D eigenvalue weighted by molar-refractivity contribution is -0.131. The number of piperidine rings is 1. The zero-order valence-electron chi connectivity index (χ0n) is 13.7. The number of carbonyl (C=O) groups is 1. The summed E-state index contributed by atoms with van der Waals surface area (Å²) in [5, 5.41) is 0. The lowest BCUT2D eigenvalue weighted by atomic mass is 9.97. The minimum atomic E-state index is -0.340. The van der Waals surface area contributed by atoms with Gasteiger partial charge in [0.15, 0.2) is 11.5 Å². The maximum Gasteiger partial charge on any atom is 0.227 e. The SMILES string of the molecule is O=C(Cc1ccncc1)N1CCC[C@@H](c2nc3ccc(F)cc3o2)C1. The molecular weight excluding hydrogens is 321 g/mol.